The number of hydrogen-bond acceptors (Lipinski definition) is 3. The van der Waals surface area contributed by atoms with Gasteiger partial charge in [-0.15, -0.1) is 0 Å². The molecule has 1 atom stereocenters. The fraction of sp³-hybridized carbons (Fsp3) is 0.417. The number of amides is 2. The Hall–Kier alpha value is -2.87. The Bertz CT molecular complexity index is 906. The first-order valence-electron chi connectivity index (χ1n) is 10.7. The summed E-state index contributed by atoms with van der Waals surface area (Å²) in [5, 5.41) is 14.9. The molecular weight excluding hydrogens is 421 g/mol. The van der Waals surface area contributed by atoms with Crippen molar-refractivity contribution < 1.29 is 27.9 Å². The van der Waals surface area contributed by atoms with Crippen LogP contribution in [0.3, 0.4) is 0 Å². The van der Waals surface area contributed by atoms with Crippen molar-refractivity contribution in [3.63, 3.8) is 0 Å². The summed E-state index contributed by atoms with van der Waals surface area (Å²) >= 11 is 0. The lowest BCUT2D eigenvalue weighted by atomic mass is 9.89. The molecule has 0 bridgehead atoms. The smallest absolute Gasteiger partial charge is 0.394 e. The second-order valence-electron chi connectivity index (χ2n) is 8.11. The number of halogens is 3. The molecule has 0 radical (unpaired) electrons. The quantitative estimate of drug-likeness (QED) is 0.595. The van der Waals surface area contributed by atoms with Crippen molar-refractivity contribution in [2.24, 2.45) is 5.92 Å². The minimum absolute atomic E-state index is 0.277. The van der Waals surface area contributed by atoms with Gasteiger partial charge in [-0.25, -0.2) is 0 Å². The minimum Gasteiger partial charge on any atom is -0.394 e. The number of nitrogens with one attached hydrogen (secondary N) is 2. The van der Waals surface area contributed by atoms with E-state index in [2.05, 4.69) is 10.6 Å². The summed E-state index contributed by atoms with van der Waals surface area (Å²) in [4.78, 5) is 24.9. The van der Waals surface area contributed by atoms with Gasteiger partial charge in [-0.05, 0) is 54.2 Å². The van der Waals surface area contributed by atoms with Crippen LogP contribution in [0, 0.1) is 5.92 Å². The first kappa shape index (κ1) is 23.8. The molecule has 5 nitrogen and oxygen atoms in total. The van der Waals surface area contributed by atoms with Gasteiger partial charge in [-0.1, -0.05) is 43.5 Å². The summed E-state index contributed by atoms with van der Waals surface area (Å²) in [6.45, 7) is 0.0128. The Morgan fingerprint density at radius 2 is 1.50 bits per heavy atom. The molecule has 1 unspecified atom stereocenters. The summed E-state index contributed by atoms with van der Waals surface area (Å²) in [5.41, 5.74) is 0.785. The van der Waals surface area contributed by atoms with E-state index >= 15 is 0 Å². The minimum atomic E-state index is -4.40. The predicted molar refractivity (Wildman–Crippen MR) is 115 cm³/mol. The van der Waals surface area contributed by atoms with Crippen molar-refractivity contribution in [2.45, 2.75) is 44.3 Å². The number of alkyl halides is 3. The molecule has 32 heavy (non-hydrogen) atoms. The van der Waals surface area contributed by atoms with Crippen LogP contribution in [0.2, 0.25) is 0 Å². The van der Waals surface area contributed by atoms with Crippen molar-refractivity contribution in [3.8, 4) is 11.1 Å². The van der Waals surface area contributed by atoms with Crippen molar-refractivity contribution in [3.05, 3.63) is 59.7 Å². The van der Waals surface area contributed by atoms with Gasteiger partial charge in [-0.3, -0.25) is 9.59 Å². The number of aliphatic hydroxyl groups excluding tert-OH is 1. The van der Waals surface area contributed by atoms with Crippen LogP contribution in [0.25, 0.3) is 11.1 Å². The van der Waals surface area contributed by atoms with Crippen molar-refractivity contribution >= 4 is 11.8 Å². The van der Waals surface area contributed by atoms with Gasteiger partial charge in [0.25, 0.3) is 5.91 Å². The van der Waals surface area contributed by atoms with E-state index in [1.165, 1.54) is 30.7 Å². The van der Waals surface area contributed by atoms with Gasteiger partial charge in [0, 0.05) is 12.1 Å². The number of benzene rings is 2. The van der Waals surface area contributed by atoms with E-state index in [9.17, 15) is 27.9 Å². The summed E-state index contributed by atoms with van der Waals surface area (Å²) in [6.07, 6.45) is 1.28. The number of carbonyl (C=O) groups is 2. The topological polar surface area (TPSA) is 78.4 Å². The van der Waals surface area contributed by atoms with E-state index in [4.69, 9.17) is 0 Å². The molecule has 0 aliphatic heterocycles. The van der Waals surface area contributed by atoms with Gasteiger partial charge in [-0.2, -0.15) is 13.2 Å². The molecule has 0 heterocycles. The lowest BCUT2D eigenvalue weighted by Gasteiger charge is -2.23. The maximum absolute atomic E-state index is 12.7. The highest BCUT2D eigenvalue weighted by Gasteiger charge is 2.30. The highest BCUT2D eigenvalue weighted by atomic mass is 19.4. The molecule has 2 aromatic carbocycles. The number of rotatable bonds is 7. The Morgan fingerprint density at radius 1 is 0.938 bits per heavy atom. The van der Waals surface area contributed by atoms with Gasteiger partial charge in [0.2, 0.25) is 5.91 Å². The average Bonchev–Trinajstić information content (AvgIpc) is 2.81. The van der Waals surface area contributed by atoms with E-state index in [0.29, 0.717) is 23.6 Å². The van der Waals surface area contributed by atoms with E-state index < -0.39 is 36.2 Å². The lowest BCUT2D eigenvalue weighted by molar-refractivity contribution is -0.137. The van der Waals surface area contributed by atoms with E-state index in [-0.39, 0.29) is 5.56 Å². The zero-order valence-corrected chi connectivity index (χ0v) is 17.6. The van der Waals surface area contributed by atoms with Gasteiger partial charge in [0.15, 0.2) is 0 Å². The van der Waals surface area contributed by atoms with Crippen LogP contribution >= 0.6 is 0 Å². The van der Waals surface area contributed by atoms with Crippen molar-refractivity contribution in [1.82, 2.24) is 10.6 Å². The van der Waals surface area contributed by atoms with Gasteiger partial charge in [0.05, 0.1) is 12.2 Å². The number of aliphatic hydroxyl groups is 1. The van der Waals surface area contributed by atoms with Crippen LogP contribution in [-0.2, 0) is 11.0 Å². The first-order valence-corrected chi connectivity index (χ1v) is 10.7. The van der Waals surface area contributed by atoms with Gasteiger partial charge >= 0.3 is 6.18 Å². The maximum Gasteiger partial charge on any atom is 0.416 e. The number of hydrogen-bond donors (Lipinski definition) is 3. The molecule has 1 saturated carbocycles. The Morgan fingerprint density at radius 3 is 2.03 bits per heavy atom. The molecule has 3 N–H and O–H groups in total. The molecule has 1 fully saturated rings. The van der Waals surface area contributed by atoms with Crippen molar-refractivity contribution in [1.29, 1.82) is 0 Å². The molecule has 2 aromatic rings. The zero-order valence-electron chi connectivity index (χ0n) is 17.6. The van der Waals surface area contributed by atoms with E-state index in [1.807, 2.05) is 0 Å². The van der Waals surface area contributed by atoms with Crippen LogP contribution < -0.4 is 10.6 Å². The van der Waals surface area contributed by atoms with Crippen molar-refractivity contribution in [2.75, 3.05) is 13.2 Å². The molecular formula is C24H27F3N2O3. The second-order valence-corrected chi connectivity index (χ2v) is 8.11. The maximum atomic E-state index is 12.7. The monoisotopic (exact) mass is 448 g/mol. The predicted octanol–water partition coefficient (Wildman–Crippen LogP) is 4.16. The lowest BCUT2D eigenvalue weighted by Crippen LogP contribution is -2.49. The molecule has 3 rings (SSSR count). The molecule has 0 aromatic heterocycles. The number of carbonyl (C=O) groups excluding carboxylic acids is 2. The Labute approximate surface area is 185 Å². The molecule has 1 aliphatic rings. The fourth-order valence-corrected chi connectivity index (χ4v) is 3.86. The SMILES string of the molecule is O=C(NC(CO)C(=O)NCC1CCCCC1)c1ccc(-c2ccc(C(F)(F)F)cc2)cc1. The summed E-state index contributed by atoms with van der Waals surface area (Å²) in [7, 11) is 0. The van der Waals surface area contributed by atoms with E-state index in [1.54, 1.807) is 12.1 Å². The Kier molecular flexibility index (Phi) is 7.90. The molecule has 8 heteroatoms. The van der Waals surface area contributed by atoms with Gasteiger partial charge in [0.1, 0.15) is 6.04 Å². The van der Waals surface area contributed by atoms with Crippen LogP contribution in [0.15, 0.2) is 48.5 Å². The third-order valence-electron chi connectivity index (χ3n) is 5.79. The largest absolute Gasteiger partial charge is 0.416 e. The van der Waals surface area contributed by atoms with Gasteiger partial charge < -0.3 is 15.7 Å². The van der Waals surface area contributed by atoms with Crippen LogP contribution in [0.5, 0.6) is 0 Å². The molecule has 0 spiro atoms. The molecule has 1 aliphatic carbocycles. The second kappa shape index (κ2) is 10.6. The standard InChI is InChI=1S/C24H27F3N2O3/c25-24(26,27)20-12-10-18(11-13-20)17-6-8-19(9-7-17)22(31)29-21(15-30)23(32)28-14-16-4-2-1-3-5-16/h6-13,16,21,30H,1-5,14-15H2,(H,28,32)(H,29,31). The third-order valence-corrected chi connectivity index (χ3v) is 5.79. The normalized spacial score (nSPS) is 15.8. The van der Waals surface area contributed by atoms with Crippen LogP contribution in [0.1, 0.15) is 48.0 Å². The summed E-state index contributed by atoms with van der Waals surface area (Å²) < 4.78 is 38.1. The van der Waals surface area contributed by atoms with Crippen LogP contribution in [0.4, 0.5) is 13.2 Å². The molecule has 0 saturated heterocycles. The average molecular weight is 448 g/mol. The highest BCUT2D eigenvalue weighted by Crippen LogP contribution is 2.31. The zero-order chi connectivity index (χ0) is 23.1. The Balaban J connectivity index is 1.57. The van der Waals surface area contributed by atoms with E-state index in [0.717, 1.165) is 37.8 Å². The molecule has 172 valence electrons. The van der Waals surface area contributed by atoms with Crippen LogP contribution in [-0.4, -0.2) is 36.1 Å². The highest BCUT2D eigenvalue weighted by molar-refractivity contribution is 5.98. The third kappa shape index (κ3) is 6.32. The summed E-state index contributed by atoms with van der Waals surface area (Å²) in [6, 6.07) is 9.99. The summed E-state index contributed by atoms with van der Waals surface area (Å²) in [5.74, 6) is -0.510. The molecule has 2 amide bonds. The first-order chi connectivity index (χ1) is 15.3. The fourth-order valence-electron chi connectivity index (χ4n) is 3.86.